The molecule has 2 heterocycles. The molecule has 0 unspecified atom stereocenters. The third-order valence-corrected chi connectivity index (χ3v) is 9.84. The lowest BCUT2D eigenvalue weighted by atomic mass is 9.92. The lowest BCUT2D eigenvalue weighted by Crippen LogP contribution is -2.35. The summed E-state index contributed by atoms with van der Waals surface area (Å²) in [5, 5.41) is 4.21. The smallest absolute Gasteiger partial charge is 0.339 e. The average Bonchev–Trinajstić information content (AvgIpc) is 3.05. The second-order valence-electron chi connectivity index (χ2n) is 10.2. The average molecular weight is 578 g/mol. The minimum atomic E-state index is -4.77. The number of carbonyl (C=O) groups excluding carboxylic acids is 1. The number of anilines is 4. The van der Waals surface area contributed by atoms with Crippen molar-refractivity contribution < 1.29 is 32.3 Å². The minimum absolute atomic E-state index is 0.146. The normalized spacial score (nSPS) is 15.2. The summed E-state index contributed by atoms with van der Waals surface area (Å²) < 4.78 is 53.9. The molecule has 0 radical (unpaired) electrons. The highest BCUT2D eigenvalue weighted by Gasteiger charge is 2.45. The zero-order chi connectivity index (χ0) is 29.7. The molecule has 0 bridgehead atoms. The molecule has 2 aromatic carbocycles. The molecule has 13 heteroatoms. The first-order chi connectivity index (χ1) is 18.6. The van der Waals surface area contributed by atoms with Crippen LogP contribution < -0.4 is 10.6 Å². The first-order valence-corrected chi connectivity index (χ1v) is 14.2. The summed E-state index contributed by atoms with van der Waals surface area (Å²) in [4.78, 5) is 42.4. The number of fused-ring (bicyclic) bond motifs is 1. The summed E-state index contributed by atoms with van der Waals surface area (Å²) >= 11 is 0. The summed E-state index contributed by atoms with van der Waals surface area (Å²) in [6, 6.07) is 11.2. The minimum Gasteiger partial charge on any atom is -0.339 e. The number of benzene rings is 2. The molecule has 40 heavy (non-hydrogen) atoms. The Morgan fingerprint density at radius 1 is 1.02 bits per heavy atom. The second kappa shape index (κ2) is 10.2. The van der Waals surface area contributed by atoms with Gasteiger partial charge in [-0.1, -0.05) is 38.1 Å². The number of amides is 1. The molecule has 0 saturated carbocycles. The first-order valence-electron chi connectivity index (χ1n) is 12.6. The molecule has 0 fully saturated rings. The van der Waals surface area contributed by atoms with E-state index in [0.29, 0.717) is 23.0 Å². The summed E-state index contributed by atoms with van der Waals surface area (Å²) in [6.45, 7) is 7.11. The second-order valence-corrected chi connectivity index (χ2v) is 12.2. The van der Waals surface area contributed by atoms with Crippen molar-refractivity contribution in [3.63, 3.8) is 0 Å². The van der Waals surface area contributed by atoms with E-state index in [4.69, 9.17) is 0 Å². The quantitative estimate of drug-likeness (QED) is 0.224. The molecule has 0 aliphatic carbocycles. The van der Waals surface area contributed by atoms with E-state index in [0.717, 1.165) is 0 Å². The van der Waals surface area contributed by atoms with E-state index in [2.05, 4.69) is 20.6 Å². The standard InChI is InChI=1S/C27H31F3N5O4P/c1-6-26(7-2,40(37,38)39)16-11-13-17(14-12-16)32-24-31-15-19(27(28,29)30)22(34-24)33-20-10-8-9-18-21(20)23(36)35(5)25(18,3)4/h8-15H,6-7H2,1-5H3,(H2,37,38,39)(H2,31,32,33,34). The molecular weight excluding hydrogens is 546 g/mol. The molecule has 4 N–H and O–H groups in total. The van der Waals surface area contributed by atoms with E-state index in [1.807, 2.05) is 13.8 Å². The van der Waals surface area contributed by atoms with Crippen LogP contribution in [0.15, 0.2) is 48.7 Å². The van der Waals surface area contributed by atoms with E-state index in [1.54, 1.807) is 57.3 Å². The molecule has 3 aromatic rings. The van der Waals surface area contributed by atoms with Crippen molar-refractivity contribution in [2.45, 2.75) is 57.4 Å². The fourth-order valence-electron chi connectivity index (χ4n) is 5.10. The van der Waals surface area contributed by atoms with Gasteiger partial charge in [0.2, 0.25) is 5.95 Å². The Morgan fingerprint density at radius 2 is 1.65 bits per heavy atom. The van der Waals surface area contributed by atoms with Gasteiger partial charge in [-0.05, 0) is 56.0 Å². The van der Waals surface area contributed by atoms with Gasteiger partial charge in [0.1, 0.15) is 11.4 Å². The van der Waals surface area contributed by atoms with Gasteiger partial charge in [0.05, 0.1) is 21.9 Å². The molecule has 1 aliphatic heterocycles. The van der Waals surface area contributed by atoms with Crippen LogP contribution in [0.2, 0.25) is 0 Å². The number of halogens is 3. The lowest BCUT2D eigenvalue weighted by molar-refractivity contribution is -0.137. The van der Waals surface area contributed by atoms with Crippen molar-refractivity contribution in [2.75, 3.05) is 17.7 Å². The van der Waals surface area contributed by atoms with Crippen LogP contribution in [0.5, 0.6) is 0 Å². The van der Waals surface area contributed by atoms with Crippen LogP contribution in [0.1, 0.15) is 67.6 Å². The Hall–Kier alpha value is -3.47. The van der Waals surface area contributed by atoms with Crippen LogP contribution in [0.4, 0.5) is 36.3 Å². The molecule has 4 rings (SSSR count). The Labute approximate surface area is 230 Å². The zero-order valence-electron chi connectivity index (χ0n) is 22.7. The maximum atomic E-state index is 13.9. The SMILES string of the molecule is CCC(CC)(c1ccc(Nc2ncc(C(F)(F)F)c(Nc3cccc4c3C(=O)N(C)C4(C)C)n2)cc1)P(=O)(O)O. The van der Waals surface area contributed by atoms with Gasteiger partial charge in [0.25, 0.3) is 5.91 Å². The van der Waals surface area contributed by atoms with Crippen LogP contribution in [-0.4, -0.2) is 37.6 Å². The Kier molecular flexibility index (Phi) is 7.51. The Morgan fingerprint density at radius 3 is 2.20 bits per heavy atom. The van der Waals surface area contributed by atoms with Crippen molar-refractivity contribution in [3.8, 4) is 0 Å². The fourth-order valence-corrected chi connectivity index (χ4v) is 6.41. The molecule has 214 valence electrons. The van der Waals surface area contributed by atoms with Crippen LogP contribution in [-0.2, 0) is 21.4 Å². The number of nitrogens with one attached hydrogen (secondary N) is 2. The Bertz CT molecular complexity index is 1480. The van der Waals surface area contributed by atoms with Crippen molar-refractivity contribution in [2.24, 2.45) is 0 Å². The molecule has 9 nitrogen and oxygen atoms in total. The van der Waals surface area contributed by atoms with E-state index < -0.39 is 35.8 Å². The third-order valence-electron chi connectivity index (χ3n) is 7.83. The number of nitrogens with zero attached hydrogens (tertiary/aromatic N) is 3. The predicted octanol–water partition coefficient (Wildman–Crippen LogP) is 6.50. The molecule has 1 aliphatic rings. The maximum Gasteiger partial charge on any atom is 0.421 e. The number of rotatable bonds is 8. The molecule has 0 saturated heterocycles. The highest BCUT2D eigenvalue weighted by Crippen LogP contribution is 2.61. The van der Waals surface area contributed by atoms with Gasteiger partial charge in [0, 0.05) is 18.9 Å². The first kappa shape index (κ1) is 29.5. The summed E-state index contributed by atoms with van der Waals surface area (Å²) in [5.41, 5.74) is 0.231. The summed E-state index contributed by atoms with van der Waals surface area (Å²) in [5.74, 6) is -1.01. The highest BCUT2D eigenvalue weighted by atomic mass is 31.2. The van der Waals surface area contributed by atoms with Crippen molar-refractivity contribution >= 4 is 36.6 Å². The number of carbonyl (C=O) groups is 1. The summed E-state index contributed by atoms with van der Waals surface area (Å²) in [7, 11) is -2.85. The van der Waals surface area contributed by atoms with Crippen molar-refractivity contribution in [1.29, 1.82) is 0 Å². The van der Waals surface area contributed by atoms with Crippen LogP contribution in [0.3, 0.4) is 0 Å². The highest BCUT2D eigenvalue weighted by molar-refractivity contribution is 7.53. The zero-order valence-corrected chi connectivity index (χ0v) is 23.6. The largest absolute Gasteiger partial charge is 0.421 e. The predicted molar refractivity (Wildman–Crippen MR) is 146 cm³/mol. The van der Waals surface area contributed by atoms with Crippen LogP contribution in [0, 0.1) is 0 Å². The number of hydrogen-bond donors (Lipinski definition) is 4. The molecular formula is C27H31F3N5O4P. The summed E-state index contributed by atoms with van der Waals surface area (Å²) in [6.07, 6.45) is -3.68. The van der Waals surface area contributed by atoms with Gasteiger partial charge in [-0.25, -0.2) is 4.98 Å². The van der Waals surface area contributed by atoms with Crippen LogP contribution in [0.25, 0.3) is 0 Å². The molecule has 0 spiro atoms. The monoisotopic (exact) mass is 577 g/mol. The number of hydrogen-bond acceptors (Lipinski definition) is 6. The molecule has 0 atom stereocenters. The van der Waals surface area contributed by atoms with Gasteiger partial charge in [-0.15, -0.1) is 0 Å². The molecule has 1 aromatic heterocycles. The van der Waals surface area contributed by atoms with Crippen LogP contribution >= 0.6 is 7.60 Å². The van der Waals surface area contributed by atoms with E-state index >= 15 is 0 Å². The van der Waals surface area contributed by atoms with E-state index in [9.17, 15) is 32.3 Å². The molecule has 1 amide bonds. The van der Waals surface area contributed by atoms with Gasteiger partial charge in [-0.3, -0.25) is 9.36 Å². The van der Waals surface area contributed by atoms with Crippen molar-refractivity contribution in [3.05, 3.63) is 70.9 Å². The van der Waals surface area contributed by atoms with E-state index in [-0.39, 0.29) is 35.9 Å². The maximum absolute atomic E-state index is 13.9. The fraction of sp³-hybridized carbons (Fsp3) is 0.370. The lowest BCUT2D eigenvalue weighted by Gasteiger charge is -2.33. The Balaban J connectivity index is 1.69. The number of alkyl halides is 3. The van der Waals surface area contributed by atoms with E-state index in [1.165, 1.54) is 11.0 Å². The van der Waals surface area contributed by atoms with Gasteiger partial charge in [0.15, 0.2) is 0 Å². The van der Waals surface area contributed by atoms with Gasteiger partial charge >= 0.3 is 13.8 Å². The van der Waals surface area contributed by atoms with Gasteiger partial charge in [-0.2, -0.15) is 18.2 Å². The van der Waals surface area contributed by atoms with Crippen molar-refractivity contribution in [1.82, 2.24) is 14.9 Å². The number of aromatic nitrogens is 2. The van der Waals surface area contributed by atoms with Gasteiger partial charge < -0.3 is 25.3 Å². The third kappa shape index (κ3) is 4.95. The topological polar surface area (TPSA) is 128 Å².